The van der Waals surface area contributed by atoms with Crippen LogP contribution in [0.25, 0.3) is 5.70 Å². The van der Waals surface area contributed by atoms with E-state index in [0.29, 0.717) is 44.6 Å². The number of hydrogen-bond donors (Lipinski definition) is 2. The third-order valence-corrected chi connectivity index (χ3v) is 5.69. The van der Waals surface area contributed by atoms with E-state index in [1.807, 2.05) is 4.90 Å². The first-order valence-corrected chi connectivity index (χ1v) is 10.6. The van der Waals surface area contributed by atoms with Crippen molar-refractivity contribution in [1.29, 1.82) is 0 Å². The van der Waals surface area contributed by atoms with Crippen molar-refractivity contribution in [2.75, 3.05) is 32.8 Å². The topological polar surface area (TPSA) is 80.0 Å². The molecule has 0 bridgehead atoms. The minimum Gasteiger partial charge on any atom is -0.397 e. The maximum absolute atomic E-state index is 14.3. The summed E-state index contributed by atoms with van der Waals surface area (Å²) in [5.41, 5.74) is 6.63. The molecule has 0 unspecified atom stereocenters. The van der Waals surface area contributed by atoms with Gasteiger partial charge < -0.3 is 20.7 Å². The Kier molecular flexibility index (Phi) is 8.02. The Labute approximate surface area is 177 Å². The molecule has 1 saturated carbocycles. The fourth-order valence-electron chi connectivity index (χ4n) is 3.84. The van der Waals surface area contributed by atoms with Gasteiger partial charge in [-0.25, -0.2) is 9.38 Å². The summed E-state index contributed by atoms with van der Waals surface area (Å²) in [5.74, 6) is 0.170. The lowest BCUT2D eigenvalue weighted by Gasteiger charge is -2.28. The zero-order chi connectivity index (χ0) is 21.3. The van der Waals surface area contributed by atoms with Gasteiger partial charge in [0, 0.05) is 31.4 Å². The van der Waals surface area contributed by atoms with E-state index in [4.69, 9.17) is 10.5 Å². The highest BCUT2D eigenvalue weighted by atomic mass is 19.1. The van der Waals surface area contributed by atoms with E-state index < -0.39 is 5.82 Å². The molecule has 0 spiro atoms. The highest BCUT2D eigenvalue weighted by molar-refractivity contribution is 6.18. The van der Waals surface area contributed by atoms with Gasteiger partial charge in [-0.3, -0.25) is 4.79 Å². The van der Waals surface area contributed by atoms with Crippen LogP contribution < -0.4 is 11.1 Å². The molecular formula is C23H31FN4O2. The second-order valence-electron chi connectivity index (χ2n) is 7.80. The molecule has 1 amide bonds. The van der Waals surface area contributed by atoms with Gasteiger partial charge in [-0.15, -0.1) is 0 Å². The van der Waals surface area contributed by atoms with Gasteiger partial charge in [0.25, 0.3) is 5.91 Å². The van der Waals surface area contributed by atoms with E-state index in [0.717, 1.165) is 12.8 Å². The Hall–Kier alpha value is -2.67. The van der Waals surface area contributed by atoms with Crippen molar-refractivity contribution < 1.29 is 13.9 Å². The van der Waals surface area contributed by atoms with E-state index in [1.54, 1.807) is 18.2 Å². The molecule has 30 heavy (non-hydrogen) atoms. The molecule has 2 aliphatic rings. The number of ether oxygens (including phenoxy) is 1. The van der Waals surface area contributed by atoms with Crippen LogP contribution in [0.1, 0.15) is 37.7 Å². The van der Waals surface area contributed by atoms with Crippen LogP contribution in [0.5, 0.6) is 0 Å². The number of nitrogens with one attached hydrogen (secondary N) is 1. The highest BCUT2D eigenvalue weighted by Gasteiger charge is 2.19. The van der Waals surface area contributed by atoms with Gasteiger partial charge in [0.15, 0.2) is 0 Å². The molecule has 1 aromatic rings. The predicted octanol–water partition coefficient (Wildman–Crippen LogP) is 3.07. The number of carbonyl (C=O) groups is 1. The van der Waals surface area contributed by atoms with Crippen molar-refractivity contribution in [3.05, 3.63) is 53.6 Å². The molecule has 1 aromatic carbocycles. The van der Waals surface area contributed by atoms with Crippen LogP contribution in [-0.2, 0) is 9.53 Å². The lowest BCUT2D eigenvalue weighted by molar-refractivity contribution is -0.117. The summed E-state index contributed by atoms with van der Waals surface area (Å²) >= 11 is 0. The molecule has 0 radical (unpaired) electrons. The first-order valence-electron chi connectivity index (χ1n) is 10.6. The highest BCUT2D eigenvalue weighted by Crippen LogP contribution is 2.23. The van der Waals surface area contributed by atoms with E-state index in [-0.39, 0.29) is 22.7 Å². The normalized spacial score (nSPS) is 18.9. The molecule has 3 rings (SSSR count). The number of hydrogen-bond acceptors (Lipinski definition) is 5. The first-order chi connectivity index (χ1) is 14.6. The number of amides is 1. The number of nitrogens with zero attached hydrogens (tertiary/aromatic N) is 2. The summed E-state index contributed by atoms with van der Waals surface area (Å²) in [6.45, 7) is 7.16. The second kappa shape index (κ2) is 10.9. The third kappa shape index (κ3) is 5.92. The largest absolute Gasteiger partial charge is 0.397 e. The summed E-state index contributed by atoms with van der Waals surface area (Å²) < 4.78 is 19.6. The number of rotatable bonds is 7. The molecule has 6 nitrogen and oxygen atoms in total. The molecule has 162 valence electrons. The van der Waals surface area contributed by atoms with Crippen molar-refractivity contribution in [2.24, 2.45) is 16.6 Å². The summed E-state index contributed by atoms with van der Waals surface area (Å²) in [6, 6.07) is 6.16. The van der Waals surface area contributed by atoms with E-state index in [9.17, 15) is 9.18 Å². The number of halogens is 1. The van der Waals surface area contributed by atoms with Gasteiger partial charge in [0.2, 0.25) is 0 Å². The molecule has 3 N–H and O–H groups in total. The van der Waals surface area contributed by atoms with E-state index in [2.05, 4.69) is 16.9 Å². The molecule has 2 fully saturated rings. The van der Waals surface area contributed by atoms with Gasteiger partial charge in [-0.1, -0.05) is 38.0 Å². The Bertz CT molecular complexity index is 809. The van der Waals surface area contributed by atoms with Gasteiger partial charge >= 0.3 is 0 Å². The second-order valence-corrected chi connectivity index (χ2v) is 7.80. The predicted molar refractivity (Wildman–Crippen MR) is 117 cm³/mol. The van der Waals surface area contributed by atoms with Crippen LogP contribution in [0.2, 0.25) is 0 Å². The number of nitrogens with two attached hydrogens (primary N) is 1. The average molecular weight is 415 g/mol. The Balaban J connectivity index is 1.79. The zero-order valence-corrected chi connectivity index (χ0v) is 17.4. The maximum atomic E-state index is 14.3. The van der Waals surface area contributed by atoms with E-state index >= 15 is 0 Å². The van der Waals surface area contributed by atoms with Crippen molar-refractivity contribution in [3.63, 3.8) is 0 Å². The van der Waals surface area contributed by atoms with Gasteiger partial charge in [0.05, 0.1) is 24.5 Å². The lowest BCUT2D eigenvalue weighted by atomic mass is 9.89. The Morgan fingerprint density at radius 3 is 2.67 bits per heavy atom. The van der Waals surface area contributed by atoms with Gasteiger partial charge in [-0.2, -0.15) is 0 Å². The number of benzene rings is 1. The minimum absolute atomic E-state index is 0.0628. The first kappa shape index (κ1) is 22.0. The minimum atomic E-state index is -0.479. The molecule has 1 aliphatic carbocycles. The fourth-order valence-corrected chi connectivity index (χ4v) is 3.84. The van der Waals surface area contributed by atoms with Crippen LogP contribution in [0, 0.1) is 11.7 Å². The van der Waals surface area contributed by atoms with Gasteiger partial charge in [0.1, 0.15) is 11.6 Å². The van der Waals surface area contributed by atoms with Gasteiger partial charge in [-0.05, 0) is 30.9 Å². The lowest BCUT2D eigenvalue weighted by Crippen LogP contribution is -2.35. The van der Waals surface area contributed by atoms with Crippen LogP contribution in [0.15, 0.2) is 47.2 Å². The molecule has 1 saturated heterocycles. The zero-order valence-electron chi connectivity index (χ0n) is 17.4. The quantitative estimate of drug-likeness (QED) is 0.531. The molecule has 0 aromatic heterocycles. The SMILES string of the molecule is C=C(/N=C\C(C(=O)NCC1CCCCC1)=C(/N)c1ccccc1F)N1CCOCC1. The monoisotopic (exact) mass is 414 g/mol. The molecule has 1 heterocycles. The molecular weight excluding hydrogens is 383 g/mol. The molecule has 7 heteroatoms. The van der Waals surface area contributed by atoms with Crippen LogP contribution in [0.4, 0.5) is 4.39 Å². The summed E-state index contributed by atoms with van der Waals surface area (Å²) in [6.07, 6.45) is 7.28. The molecule has 1 aliphatic heterocycles. The van der Waals surface area contributed by atoms with Crippen LogP contribution >= 0.6 is 0 Å². The van der Waals surface area contributed by atoms with Crippen LogP contribution in [-0.4, -0.2) is 49.9 Å². The van der Waals surface area contributed by atoms with Crippen molar-refractivity contribution in [2.45, 2.75) is 32.1 Å². The summed E-state index contributed by atoms with van der Waals surface area (Å²) in [5, 5.41) is 2.97. The van der Waals surface area contributed by atoms with Crippen molar-refractivity contribution >= 4 is 17.8 Å². The maximum Gasteiger partial charge on any atom is 0.254 e. The Morgan fingerprint density at radius 2 is 1.97 bits per heavy atom. The fraction of sp³-hybridized carbons (Fsp3) is 0.478. The van der Waals surface area contributed by atoms with Crippen molar-refractivity contribution in [1.82, 2.24) is 10.2 Å². The van der Waals surface area contributed by atoms with E-state index in [1.165, 1.54) is 31.5 Å². The summed E-state index contributed by atoms with van der Waals surface area (Å²) in [7, 11) is 0. The Morgan fingerprint density at radius 1 is 1.27 bits per heavy atom. The number of morpholine rings is 1. The third-order valence-electron chi connectivity index (χ3n) is 5.69. The smallest absolute Gasteiger partial charge is 0.254 e. The standard InChI is InChI=1S/C23H31FN4O2/c1-17(28-11-13-30-14-12-28)26-16-20(22(25)19-9-5-6-10-21(19)24)23(29)27-15-18-7-3-2-4-8-18/h5-6,9-10,16,18H,1-4,7-8,11-15,25H2,(H,27,29)/b22-20+,26-16-. The molecule has 0 atom stereocenters. The average Bonchev–Trinajstić information content (AvgIpc) is 2.79. The summed E-state index contributed by atoms with van der Waals surface area (Å²) in [4.78, 5) is 19.3. The number of aliphatic imine (C=N–C) groups is 1. The number of carbonyl (C=O) groups excluding carboxylic acids is 1. The van der Waals surface area contributed by atoms with Crippen molar-refractivity contribution in [3.8, 4) is 0 Å². The van der Waals surface area contributed by atoms with Crippen LogP contribution in [0.3, 0.4) is 0 Å².